The molecule has 0 spiro atoms. The monoisotopic (exact) mass is 231 g/mol. The highest BCUT2D eigenvalue weighted by atomic mass is 16.1. The van der Waals surface area contributed by atoms with Crippen molar-refractivity contribution in [2.24, 2.45) is 5.92 Å². The van der Waals surface area contributed by atoms with Crippen molar-refractivity contribution in [1.29, 1.82) is 0 Å². The Hall–Kier alpha value is -1.77. The van der Waals surface area contributed by atoms with Crippen LogP contribution in [0.1, 0.15) is 32.3 Å². The maximum atomic E-state index is 11.5. The molecule has 3 nitrogen and oxygen atoms in total. The summed E-state index contributed by atoms with van der Waals surface area (Å²) in [6.45, 7) is 3.69. The zero-order valence-corrected chi connectivity index (χ0v) is 10.2. The lowest BCUT2D eigenvalue weighted by molar-refractivity contribution is -0.124. The number of pyridine rings is 1. The first-order valence-electron chi connectivity index (χ1n) is 5.73. The SMILES string of the molecule is CC(C)C(=O)CCC(=O)/C=C/c1cccnc1. The van der Waals surface area contributed by atoms with Crippen LogP contribution in [0.3, 0.4) is 0 Å². The smallest absolute Gasteiger partial charge is 0.156 e. The summed E-state index contributed by atoms with van der Waals surface area (Å²) in [5, 5.41) is 0. The lowest BCUT2D eigenvalue weighted by atomic mass is 10.0. The van der Waals surface area contributed by atoms with Gasteiger partial charge < -0.3 is 0 Å². The number of ketones is 2. The van der Waals surface area contributed by atoms with Gasteiger partial charge in [-0.25, -0.2) is 0 Å². The minimum Gasteiger partial charge on any atom is -0.299 e. The lowest BCUT2D eigenvalue weighted by Crippen LogP contribution is -2.08. The van der Waals surface area contributed by atoms with Crippen molar-refractivity contribution in [1.82, 2.24) is 4.98 Å². The number of nitrogens with zero attached hydrogens (tertiary/aromatic N) is 1. The van der Waals surface area contributed by atoms with E-state index in [0.717, 1.165) is 5.56 Å². The summed E-state index contributed by atoms with van der Waals surface area (Å²) in [7, 11) is 0. The second-order valence-corrected chi connectivity index (χ2v) is 4.21. The number of Topliss-reactive ketones (excluding diaryl/α,β-unsaturated/α-hetero) is 1. The van der Waals surface area contributed by atoms with Gasteiger partial charge in [0.05, 0.1) is 0 Å². The van der Waals surface area contributed by atoms with Crippen LogP contribution < -0.4 is 0 Å². The van der Waals surface area contributed by atoms with E-state index in [9.17, 15) is 9.59 Å². The van der Waals surface area contributed by atoms with E-state index < -0.39 is 0 Å². The third kappa shape index (κ3) is 5.20. The van der Waals surface area contributed by atoms with Gasteiger partial charge in [-0.05, 0) is 23.8 Å². The number of rotatable bonds is 6. The summed E-state index contributed by atoms with van der Waals surface area (Å²) in [5.41, 5.74) is 0.885. The van der Waals surface area contributed by atoms with E-state index >= 15 is 0 Å². The van der Waals surface area contributed by atoms with Crippen molar-refractivity contribution in [3.05, 3.63) is 36.2 Å². The van der Waals surface area contributed by atoms with Gasteiger partial charge in [0.25, 0.3) is 0 Å². The van der Waals surface area contributed by atoms with Gasteiger partial charge in [-0.3, -0.25) is 14.6 Å². The zero-order valence-electron chi connectivity index (χ0n) is 10.2. The van der Waals surface area contributed by atoms with Crippen LogP contribution in [-0.4, -0.2) is 16.6 Å². The molecule has 0 N–H and O–H groups in total. The molecule has 90 valence electrons. The second kappa shape index (κ2) is 6.74. The van der Waals surface area contributed by atoms with Gasteiger partial charge in [0.15, 0.2) is 5.78 Å². The molecule has 0 aromatic carbocycles. The normalized spacial score (nSPS) is 11.0. The predicted molar refractivity (Wildman–Crippen MR) is 67.4 cm³/mol. The van der Waals surface area contributed by atoms with E-state index in [1.165, 1.54) is 6.08 Å². The Morgan fingerprint density at radius 1 is 1.35 bits per heavy atom. The number of carbonyl (C=O) groups is 2. The highest BCUT2D eigenvalue weighted by molar-refractivity contribution is 5.96. The molecule has 3 heteroatoms. The Labute approximate surface area is 102 Å². The quantitative estimate of drug-likeness (QED) is 0.707. The summed E-state index contributed by atoms with van der Waals surface area (Å²) in [4.78, 5) is 26.8. The average Bonchev–Trinajstić information content (AvgIpc) is 2.34. The maximum absolute atomic E-state index is 11.5. The van der Waals surface area contributed by atoms with Crippen LogP contribution in [0.5, 0.6) is 0 Å². The van der Waals surface area contributed by atoms with E-state index in [2.05, 4.69) is 4.98 Å². The molecule has 0 aliphatic heterocycles. The number of hydrogen-bond acceptors (Lipinski definition) is 3. The molecule has 0 atom stereocenters. The van der Waals surface area contributed by atoms with Crippen molar-refractivity contribution >= 4 is 17.6 Å². The van der Waals surface area contributed by atoms with Crippen molar-refractivity contribution in [3.8, 4) is 0 Å². The maximum Gasteiger partial charge on any atom is 0.156 e. The van der Waals surface area contributed by atoms with E-state index in [4.69, 9.17) is 0 Å². The zero-order chi connectivity index (χ0) is 12.7. The first-order chi connectivity index (χ1) is 8.09. The largest absolute Gasteiger partial charge is 0.299 e. The molecule has 0 unspecified atom stereocenters. The van der Waals surface area contributed by atoms with E-state index in [1.807, 2.05) is 26.0 Å². The van der Waals surface area contributed by atoms with Gasteiger partial charge in [0.2, 0.25) is 0 Å². The third-order valence-corrected chi connectivity index (χ3v) is 2.41. The van der Waals surface area contributed by atoms with Gasteiger partial charge in [0.1, 0.15) is 5.78 Å². The second-order valence-electron chi connectivity index (χ2n) is 4.21. The Bertz CT molecular complexity index is 407. The Morgan fingerprint density at radius 3 is 2.71 bits per heavy atom. The first-order valence-corrected chi connectivity index (χ1v) is 5.73. The number of hydrogen-bond donors (Lipinski definition) is 0. The molecule has 0 radical (unpaired) electrons. The molecular formula is C14H17NO2. The Kier molecular flexibility index (Phi) is 5.27. The number of allylic oxidation sites excluding steroid dienone is 1. The lowest BCUT2D eigenvalue weighted by Gasteiger charge is -2.01. The number of aromatic nitrogens is 1. The summed E-state index contributed by atoms with van der Waals surface area (Å²) < 4.78 is 0. The molecule has 0 fully saturated rings. The molecule has 1 rings (SSSR count). The minimum absolute atomic E-state index is 0.00472. The first kappa shape index (κ1) is 13.3. The van der Waals surface area contributed by atoms with Crippen LogP contribution in [0.2, 0.25) is 0 Å². The highest BCUT2D eigenvalue weighted by Crippen LogP contribution is 2.04. The summed E-state index contributed by atoms with van der Waals surface area (Å²) in [6, 6.07) is 3.68. The fourth-order valence-electron chi connectivity index (χ4n) is 1.28. The molecule has 0 aliphatic rings. The van der Waals surface area contributed by atoms with Crippen LogP contribution in [0.15, 0.2) is 30.6 Å². The van der Waals surface area contributed by atoms with Crippen molar-refractivity contribution in [2.45, 2.75) is 26.7 Å². The van der Waals surface area contributed by atoms with Crippen molar-refractivity contribution < 1.29 is 9.59 Å². The summed E-state index contributed by atoms with van der Waals surface area (Å²) in [6.07, 6.45) is 7.20. The van der Waals surface area contributed by atoms with E-state index in [-0.39, 0.29) is 23.9 Å². The van der Waals surface area contributed by atoms with Crippen LogP contribution in [0, 0.1) is 5.92 Å². The molecule has 1 aromatic heterocycles. The fourth-order valence-corrected chi connectivity index (χ4v) is 1.28. The number of carbonyl (C=O) groups excluding carboxylic acids is 2. The molecule has 0 bridgehead atoms. The predicted octanol–water partition coefficient (Wildman–Crippen LogP) is 2.67. The standard InChI is InChI=1S/C14H17NO2/c1-11(2)14(17)8-7-13(16)6-5-12-4-3-9-15-10-12/h3-6,9-11H,7-8H2,1-2H3/b6-5+. The van der Waals surface area contributed by atoms with Crippen LogP contribution >= 0.6 is 0 Å². The molecule has 0 amide bonds. The van der Waals surface area contributed by atoms with E-state index in [0.29, 0.717) is 6.42 Å². The van der Waals surface area contributed by atoms with Gasteiger partial charge in [-0.2, -0.15) is 0 Å². The molecule has 17 heavy (non-hydrogen) atoms. The van der Waals surface area contributed by atoms with Gasteiger partial charge in [-0.15, -0.1) is 0 Å². The molecule has 0 saturated heterocycles. The van der Waals surface area contributed by atoms with Crippen LogP contribution in [-0.2, 0) is 9.59 Å². The molecule has 0 aliphatic carbocycles. The summed E-state index contributed by atoms with van der Waals surface area (Å²) >= 11 is 0. The van der Waals surface area contributed by atoms with Gasteiger partial charge in [-0.1, -0.05) is 19.9 Å². The summed E-state index contributed by atoms with van der Waals surface area (Å²) in [5.74, 6) is 0.112. The third-order valence-electron chi connectivity index (χ3n) is 2.41. The highest BCUT2D eigenvalue weighted by Gasteiger charge is 2.08. The van der Waals surface area contributed by atoms with Crippen molar-refractivity contribution in [3.63, 3.8) is 0 Å². The Morgan fingerprint density at radius 2 is 2.12 bits per heavy atom. The van der Waals surface area contributed by atoms with E-state index in [1.54, 1.807) is 18.5 Å². The average molecular weight is 231 g/mol. The van der Waals surface area contributed by atoms with Gasteiger partial charge >= 0.3 is 0 Å². The molecule has 1 heterocycles. The topological polar surface area (TPSA) is 47.0 Å². The van der Waals surface area contributed by atoms with Crippen LogP contribution in [0.4, 0.5) is 0 Å². The molecule has 1 aromatic rings. The van der Waals surface area contributed by atoms with Crippen LogP contribution in [0.25, 0.3) is 6.08 Å². The minimum atomic E-state index is -0.0251. The molecule has 0 saturated carbocycles. The van der Waals surface area contributed by atoms with Gasteiger partial charge in [0, 0.05) is 31.2 Å². The Balaban J connectivity index is 2.40. The fraction of sp³-hybridized carbons (Fsp3) is 0.357. The van der Waals surface area contributed by atoms with Crippen molar-refractivity contribution in [2.75, 3.05) is 0 Å². The molecular weight excluding hydrogens is 214 g/mol.